The number of nitrogens with two attached hydrogens (primary N) is 1. The number of amides is 1. The highest BCUT2D eigenvalue weighted by Gasteiger charge is 2.21. The number of carboxylic acid groups (broad SMARTS) is 1. The number of hydrogen-bond donors (Lipinski definition) is 4. The molecule has 7 heteroatoms. The normalized spacial score (nSPS) is 11.9. The molecule has 0 aromatic heterocycles. The number of halogens is 1. The summed E-state index contributed by atoms with van der Waals surface area (Å²) in [6.07, 6.45) is -0.155. The minimum Gasteiger partial charge on any atom is -0.480 e. The molecule has 0 saturated heterocycles. The molecule has 1 rings (SSSR count). The van der Waals surface area contributed by atoms with Crippen LogP contribution in [-0.2, 0) is 4.79 Å². The Balaban J connectivity index is 2.83. The number of nitrogen functional groups attached to an aromatic ring is 1. The Hall–Kier alpha value is -2.15. The van der Waals surface area contributed by atoms with Crippen molar-refractivity contribution in [2.24, 2.45) is 0 Å². The fraction of sp³-hybridized carbons (Fsp3) is 0.273. The van der Waals surface area contributed by atoms with Crippen molar-refractivity contribution in [2.75, 3.05) is 12.3 Å². The van der Waals surface area contributed by atoms with Gasteiger partial charge in [0.1, 0.15) is 11.9 Å². The molecule has 0 heterocycles. The van der Waals surface area contributed by atoms with Gasteiger partial charge in [0.15, 0.2) is 0 Å². The SMILES string of the molecule is Nc1ccc(C(=O)NC(CCO)C(=O)O)c(F)c1. The number of carbonyl (C=O) groups excluding carboxylic acids is 1. The monoisotopic (exact) mass is 256 g/mol. The Morgan fingerprint density at radius 1 is 1.44 bits per heavy atom. The van der Waals surface area contributed by atoms with Crippen LogP contribution in [0.3, 0.4) is 0 Å². The van der Waals surface area contributed by atoms with Gasteiger partial charge in [0.25, 0.3) is 5.91 Å². The van der Waals surface area contributed by atoms with Gasteiger partial charge in [-0.3, -0.25) is 4.79 Å². The molecule has 98 valence electrons. The third kappa shape index (κ3) is 3.42. The maximum atomic E-state index is 13.4. The van der Waals surface area contributed by atoms with Crippen molar-refractivity contribution < 1.29 is 24.2 Å². The van der Waals surface area contributed by atoms with E-state index in [1.54, 1.807) is 0 Å². The first kappa shape index (κ1) is 13.9. The van der Waals surface area contributed by atoms with Crippen molar-refractivity contribution in [1.29, 1.82) is 0 Å². The van der Waals surface area contributed by atoms with Crippen LogP contribution in [0, 0.1) is 5.82 Å². The number of nitrogens with one attached hydrogen (secondary N) is 1. The van der Waals surface area contributed by atoms with Gasteiger partial charge in [-0.2, -0.15) is 0 Å². The van der Waals surface area contributed by atoms with Gasteiger partial charge in [-0.1, -0.05) is 0 Å². The first-order valence-corrected chi connectivity index (χ1v) is 5.15. The summed E-state index contributed by atoms with van der Waals surface area (Å²) >= 11 is 0. The van der Waals surface area contributed by atoms with E-state index < -0.39 is 30.3 Å². The third-order valence-electron chi connectivity index (χ3n) is 2.26. The molecule has 1 aromatic carbocycles. The number of aliphatic carboxylic acids is 1. The Morgan fingerprint density at radius 2 is 2.11 bits per heavy atom. The first-order chi connectivity index (χ1) is 8.45. The number of benzene rings is 1. The van der Waals surface area contributed by atoms with Crippen molar-refractivity contribution in [3.8, 4) is 0 Å². The van der Waals surface area contributed by atoms with E-state index in [-0.39, 0.29) is 17.7 Å². The molecule has 0 bridgehead atoms. The maximum absolute atomic E-state index is 13.4. The fourth-order valence-electron chi connectivity index (χ4n) is 1.34. The van der Waals surface area contributed by atoms with Crippen LogP contribution in [0.1, 0.15) is 16.8 Å². The van der Waals surface area contributed by atoms with Gasteiger partial charge in [0.2, 0.25) is 0 Å². The quantitative estimate of drug-likeness (QED) is 0.553. The molecule has 6 nitrogen and oxygen atoms in total. The van der Waals surface area contributed by atoms with Crippen molar-refractivity contribution in [1.82, 2.24) is 5.32 Å². The Morgan fingerprint density at radius 3 is 2.61 bits per heavy atom. The highest BCUT2D eigenvalue weighted by atomic mass is 19.1. The minimum absolute atomic E-state index is 0.155. The highest BCUT2D eigenvalue weighted by molar-refractivity contribution is 5.97. The van der Waals surface area contributed by atoms with Crippen LogP contribution in [0.15, 0.2) is 18.2 Å². The lowest BCUT2D eigenvalue weighted by molar-refractivity contribution is -0.139. The Labute approximate surface area is 102 Å². The van der Waals surface area contributed by atoms with Crippen molar-refractivity contribution in [2.45, 2.75) is 12.5 Å². The van der Waals surface area contributed by atoms with Crippen LogP contribution in [0.5, 0.6) is 0 Å². The molecule has 18 heavy (non-hydrogen) atoms. The van der Waals surface area contributed by atoms with Gasteiger partial charge in [-0.15, -0.1) is 0 Å². The molecule has 0 aliphatic carbocycles. The number of hydrogen-bond acceptors (Lipinski definition) is 4. The highest BCUT2D eigenvalue weighted by Crippen LogP contribution is 2.12. The van der Waals surface area contributed by atoms with Gasteiger partial charge in [0, 0.05) is 18.7 Å². The Bertz CT molecular complexity index is 464. The van der Waals surface area contributed by atoms with E-state index in [0.717, 1.165) is 12.1 Å². The van der Waals surface area contributed by atoms with Crippen LogP contribution in [0.25, 0.3) is 0 Å². The minimum atomic E-state index is -1.30. The smallest absolute Gasteiger partial charge is 0.326 e. The second-order valence-electron chi connectivity index (χ2n) is 3.62. The van der Waals surface area contributed by atoms with E-state index in [4.69, 9.17) is 15.9 Å². The zero-order valence-corrected chi connectivity index (χ0v) is 9.39. The van der Waals surface area contributed by atoms with Gasteiger partial charge in [0.05, 0.1) is 5.56 Å². The summed E-state index contributed by atoms with van der Waals surface area (Å²) in [6, 6.07) is 2.20. The van der Waals surface area contributed by atoms with Crippen LogP contribution in [-0.4, -0.2) is 34.7 Å². The van der Waals surface area contributed by atoms with Crippen molar-refractivity contribution >= 4 is 17.6 Å². The number of carbonyl (C=O) groups is 2. The average molecular weight is 256 g/mol. The number of aliphatic hydroxyl groups is 1. The zero-order chi connectivity index (χ0) is 13.7. The standard InChI is InChI=1S/C11H13FN2O4/c12-8-5-6(13)1-2-7(8)10(16)14-9(3-4-15)11(17)18/h1-2,5,9,15H,3-4,13H2,(H,14,16)(H,17,18). The molecule has 1 atom stereocenters. The van der Waals surface area contributed by atoms with Crippen LogP contribution in [0.4, 0.5) is 10.1 Å². The van der Waals surface area contributed by atoms with Gasteiger partial charge >= 0.3 is 5.97 Å². The number of rotatable bonds is 5. The molecule has 1 amide bonds. The largest absolute Gasteiger partial charge is 0.480 e. The number of aliphatic hydroxyl groups excluding tert-OH is 1. The van der Waals surface area contributed by atoms with Gasteiger partial charge in [-0.05, 0) is 18.2 Å². The molecule has 0 fully saturated rings. The lowest BCUT2D eigenvalue weighted by Crippen LogP contribution is -2.41. The second kappa shape index (κ2) is 5.97. The van der Waals surface area contributed by atoms with E-state index in [1.807, 2.05) is 0 Å². The fourth-order valence-corrected chi connectivity index (χ4v) is 1.34. The lowest BCUT2D eigenvalue weighted by atomic mass is 10.1. The molecule has 1 aromatic rings. The molecule has 0 aliphatic heterocycles. The topological polar surface area (TPSA) is 113 Å². The summed E-state index contributed by atoms with van der Waals surface area (Å²) in [5.74, 6) is -3.00. The predicted molar refractivity (Wildman–Crippen MR) is 61.4 cm³/mol. The molecule has 0 saturated carbocycles. The van der Waals surface area contributed by atoms with Crippen LogP contribution >= 0.6 is 0 Å². The van der Waals surface area contributed by atoms with Crippen LogP contribution < -0.4 is 11.1 Å². The number of anilines is 1. The molecule has 5 N–H and O–H groups in total. The summed E-state index contributed by atoms with van der Waals surface area (Å²) in [5, 5.41) is 19.5. The summed E-state index contributed by atoms with van der Waals surface area (Å²) in [5.41, 5.74) is 5.19. The second-order valence-corrected chi connectivity index (χ2v) is 3.62. The maximum Gasteiger partial charge on any atom is 0.326 e. The first-order valence-electron chi connectivity index (χ1n) is 5.15. The van der Waals surface area contributed by atoms with E-state index in [0.29, 0.717) is 0 Å². The summed E-state index contributed by atoms with van der Waals surface area (Å²) < 4.78 is 13.4. The molecule has 0 aliphatic rings. The third-order valence-corrected chi connectivity index (χ3v) is 2.26. The average Bonchev–Trinajstić information content (AvgIpc) is 2.27. The van der Waals surface area contributed by atoms with Crippen LogP contribution in [0.2, 0.25) is 0 Å². The molecular weight excluding hydrogens is 243 g/mol. The summed E-state index contributed by atoms with van der Waals surface area (Å²) in [7, 11) is 0. The number of carboxylic acids is 1. The van der Waals surface area contributed by atoms with Gasteiger partial charge in [-0.25, -0.2) is 9.18 Å². The zero-order valence-electron chi connectivity index (χ0n) is 9.39. The summed E-state index contributed by atoms with van der Waals surface area (Å²) in [6.45, 7) is -0.401. The predicted octanol–water partition coefficient (Wildman–Crippen LogP) is -0.0267. The van der Waals surface area contributed by atoms with E-state index in [2.05, 4.69) is 5.32 Å². The summed E-state index contributed by atoms with van der Waals surface area (Å²) in [4.78, 5) is 22.4. The van der Waals surface area contributed by atoms with E-state index in [1.165, 1.54) is 6.07 Å². The molecular formula is C11H13FN2O4. The van der Waals surface area contributed by atoms with Crippen molar-refractivity contribution in [3.05, 3.63) is 29.6 Å². The lowest BCUT2D eigenvalue weighted by Gasteiger charge is -2.13. The van der Waals surface area contributed by atoms with E-state index in [9.17, 15) is 14.0 Å². The van der Waals surface area contributed by atoms with E-state index >= 15 is 0 Å². The molecule has 1 unspecified atom stereocenters. The Kier molecular flexibility index (Phi) is 4.61. The van der Waals surface area contributed by atoms with Crippen molar-refractivity contribution in [3.63, 3.8) is 0 Å². The molecule has 0 radical (unpaired) electrons. The molecule has 0 spiro atoms. The van der Waals surface area contributed by atoms with Gasteiger partial charge < -0.3 is 21.3 Å².